The fraction of sp³-hybridized carbons (Fsp3) is 0.600. The first-order valence-corrected chi connectivity index (χ1v) is 6.83. The van der Waals surface area contributed by atoms with Crippen molar-refractivity contribution in [2.45, 2.75) is 57.6 Å². The maximum absolute atomic E-state index is 9.91. The number of aliphatic hydroxyl groups excluding tert-OH is 1. The smallest absolute Gasteiger partial charge is 0.0741 e. The molecule has 1 aliphatic carbocycles. The zero-order valence-corrected chi connectivity index (χ0v) is 10.7. The molecule has 17 heavy (non-hydrogen) atoms. The third-order valence-corrected chi connectivity index (χ3v) is 3.57. The number of rotatable bonds is 4. The van der Waals surface area contributed by atoms with E-state index >= 15 is 0 Å². The lowest BCUT2D eigenvalue weighted by Gasteiger charge is -2.29. The Hall–Kier alpha value is -1.02. The zero-order valence-electron chi connectivity index (χ0n) is 10.7. The van der Waals surface area contributed by atoms with Crippen LogP contribution in [0.5, 0.6) is 0 Å². The molecule has 0 bridgehead atoms. The Kier molecular flexibility index (Phi) is 4.43. The summed E-state index contributed by atoms with van der Waals surface area (Å²) in [6.07, 6.45) is 6.56. The van der Waals surface area contributed by atoms with Crippen molar-refractivity contribution in [3.8, 4) is 0 Å². The highest BCUT2D eigenvalue weighted by atomic mass is 16.3. The lowest BCUT2D eigenvalue weighted by molar-refractivity contribution is 0.116. The van der Waals surface area contributed by atoms with E-state index in [-0.39, 0.29) is 12.1 Å². The molecule has 94 valence electrons. The fourth-order valence-corrected chi connectivity index (χ4v) is 2.55. The molecule has 0 aromatic heterocycles. The number of aliphatic hydroxyl groups is 1. The minimum absolute atomic E-state index is 0.181. The number of anilines is 1. The van der Waals surface area contributed by atoms with Crippen LogP contribution in [-0.2, 0) is 6.42 Å². The third kappa shape index (κ3) is 3.47. The van der Waals surface area contributed by atoms with Crippen LogP contribution in [-0.4, -0.2) is 17.3 Å². The van der Waals surface area contributed by atoms with E-state index in [2.05, 4.69) is 36.5 Å². The largest absolute Gasteiger partial charge is 0.391 e. The molecule has 0 unspecified atom stereocenters. The molecule has 1 aromatic rings. The number of nitrogens with one attached hydrogen (secondary N) is 1. The van der Waals surface area contributed by atoms with Crippen molar-refractivity contribution in [1.82, 2.24) is 0 Å². The van der Waals surface area contributed by atoms with Gasteiger partial charge in [-0.3, -0.25) is 0 Å². The second kappa shape index (κ2) is 6.06. The van der Waals surface area contributed by atoms with E-state index in [1.807, 2.05) is 0 Å². The summed E-state index contributed by atoms with van der Waals surface area (Å²) in [7, 11) is 0. The van der Waals surface area contributed by atoms with Crippen LogP contribution in [0.15, 0.2) is 24.3 Å². The molecule has 2 nitrogen and oxygen atoms in total. The number of hydrogen-bond acceptors (Lipinski definition) is 2. The predicted octanol–water partition coefficient (Wildman–Crippen LogP) is 3.35. The van der Waals surface area contributed by atoms with E-state index < -0.39 is 0 Å². The summed E-state index contributed by atoms with van der Waals surface area (Å²) in [4.78, 5) is 0. The van der Waals surface area contributed by atoms with Crippen LogP contribution in [0.25, 0.3) is 0 Å². The van der Waals surface area contributed by atoms with E-state index in [0.29, 0.717) is 0 Å². The molecule has 0 spiro atoms. The summed E-state index contributed by atoms with van der Waals surface area (Å²) < 4.78 is 0. The van der Waals surface area contributed by atoms with Crippen LogP contribution in [0.2, 0.25) is 0 Å². The van der Waals surface area contributed by atoms with Crippen LogP contribution in [0.3, 0.4) is 0 Å². The van der Waals surface area contributed by atoms with Crippen molar-refractivity contribution < 1.29 is 5.11 Å². The molecule has 2 atom stereocenters. The molecule has 1 fully saturated rings. The molecule has 0 amide bonds. The molecule has 1 aliphatic rings. The molecule has 2 rings (SSSR count). The van der Waals surface area contributed by atoms with Crippen LogP contribution in [0.1, 0.15) is 44.6 Å². The number of aryl methyl sites for hydroxylation is 1. The average molecular weight is 233 g/mol. The van der Waals surface area contributed by atoms with Crippen molar-refractivity contribution in [2.24, 2.45) is 0 Å². The van der Waals surface area contributed by atoms with Crippen LogP contribution >= 0.6 is 0 Å². The lowest BCUT2D eigenvalue weighted by atomic mass is 9.92. The first-order valence-electron chi connectivity index (χ1n) is 6.83. The zero-order chi connectivity index (χ0) is 12.1. The van der Waals surface area contributed by atoms with Gasteiger partial charge in [0.15, 0.2) is 0 Å². The SMILES string of the molecule is CCCc1ccc(N[C@H]2CCCC[C@@H]2O)cc1. The second-order valence-corrected chi connectivity index (χ2v) is 5.05. The van der Waals surface area contributed by atoms with E-state index in [4.69, 9.17) is 0 Å². The molecule has 1 aromatic carbocycles. The summed E-state index contributed by atoms with van der Waals surface area (Å²) >= 11 is 0. The summed E-state index contributed by atoms with van der Waals surface area (Å²) in [5, 5.41) is 13.4. The fourth-order valence-electron chi connectivity index (χ4n) is 2.55. The van der Waals surface area contributed by atoms with Crippen molar-refractivity contribution in [3.05, 3.63) is 29.8 Å². The van der Waals surface area contributed by atoms with Crippen molar-refractivity contribution in [3.63, 3.8) is 0 Å². The monoisotopic (exact) mass is 233 g/mol. The van der Waals surface area contributed by atoms with E-state index in [9.17, 15) is 5.11 Å². The second-order valence-electron chi connectivity index (χ2n) is 5.05. The Morgan fingerprint density at radius 2 is 1.88 bits per heavy atom. The number of benzene rings is 1. The molecular formula is C15H23NO. The van der Waals surface area contributed by atoms with Gasteiger partial charge in [0, 0.05) is 5.69 Å². The van der Waals surface area contributed by atoms with Crippen molar-refractivity contribution >= 4 is 5.69 Å². The van der Waals surface area contributed by atoms with Gasteiger partial charge in [-0.2, -0.15) is 0 Å². The Balaban J connectivity index is 1.93. The quantitative estimate of drug-likeness (QED) is 0.836. The van der Waals surface area contributed by atoms with Gasteiger partial charge in [0.1, 0.15) is 0 Å². The predicted molar refractivity (Wildman–Crippen MR) is 72.3 cm³/mol. The van der Waals surface area contributed by atoms with E-state index in [1.54, 1.807) is 0 Å². The first-order chi connectivity index (χ1) is 8.29. The van der Waals surface area contributed by atoms with Gasteiger partial charge in [-0.05, 0) is 37.0 Å². The average Bonchev–Trinajstić information content (AvgIpc) is 2.35. The van der Waals surface area contributed by atoms with Crippen LogP contribution < -0.4 is 5.32 Å². The summed E-state index contributed by atoms with van der Waals surface area (Å²) in [6, 6.07) is 8.86. The molecule has 0 aliphatic heterocycles. The highest BCUT2D eigenvalue weighted by molar-refractivity contribution is 5.45. The topological polar surface area (TPSA) is 32.3 Å². The molecular weight excluding hydrogens is 210 g/mol. The maximum atomic E-state index is 9.91. The molecule has 0 saturated heterocycles. The molecule has 0 radical (unpaired) electrons. The summed E-state index contributed by atoms with van der Waals surface area (Å²) in [5.41, 5.74) is 2.53. The van der Waals surface area contributed by atoms with Crippen LogP contribution in [0.4, 0.5) is 5.69 Å². The maximum Gasteiger partial charge on any atom is 0.0741 e. The van der Waals surface area contributed by atoms with Gasteiger partial charge < -0.3 is 10.4 Å². The van der Waals surface area contributed by atoms with Gasteiger partial charge >= 0.3 is 0 Å². The van der Waals surface area contributed by atoms with Gasteiger partial charge in [-0.15, -0.1) is 0 Å². The summed E-state index contributed by atoms with van der Waals surface area (Å²) in [6.45, 7) is 2.20. The van der Waals surface area contributed by atoms with Gasteiger partial charge in [-0.25, -0.2) is 0 Å². The van der Waals surface area contributed by atoms with Gasteiger partial charge in [0.25, 0.3) is 0 Å². The standard InChI is InChI=1S/C15H23NO/c1-2-5-12-8-10-13(11-9-12)16-14-6-3-4-7-15(14)17/h8-11,14-17H,2-7H2,1H3/t14-,15-/m0/s1. The molecule has 2 N–H and O–H groups in total. The summed E-state index contributed by atoms with van der Waals surface area (Å²) in [5.74, 6) is 0. The molecule has 2 heteroatoms. The van der Waals surface area contributed by atoms with E-state index in [0.717, 1.165) is 31.4 Å². The Morgan fingerprint density at radius 1 is 1.18 bits per heavy atom. The van der Waals surface area contributed by atoms with Crippen molar-refractivity contribution in [1.29, 1.82) is 0 Å². The van der Waals surface area contributed by atoms with Crippen LogP contribution in [0, 0.1) is 0 Å². The van der Waals surface area contributed by atoms with Crippen molar-refractivity contribution in [2.75, 3.05) is 5.32 Å². The Bertz CT molecular complexity index is 333. The van der Waals surface area contributed by atoms with Gasteiger partial charge in [0.2, 0.25) is 0 Å². The normalized spacial score (nSPS) is 24.6. The Labute approximate surface area is 104 Å². The van der Waals surface area contributed by atoms with Gasteiger partial charge in [-0.1, -0.05) is 38.3 Å². The highest BCUT2D eigenvalue weighted by Gasteiger charge is 2.22. The lowest BCUT2D eigenvalue weighted by Crippen LogP contribution is -2.36. The van der Waals surface area contributed by atoms with Gasteiger partial charge in [0.05, 0.1) is 12.1 Å². The third-order valence-electron chi connectivity index (χ3n) is 3.57. The minimum Gasteiger partial charge on any atom is -0.391 e. The minimum atomic E-state index is -0.181. The highest BCUT2D eigenvalue weighted by Crippen LogP contribution is 2.22. The molecule has 0 heterocycles. The molecule has 1 saturated carbocycles. The number of hydrogen-bond donors (Lipinski definition) is 2. The Morgan fingerprint density at radius 3 is 2.53 bits per heavy atom. The van der Waals surface area contributed by atoms with E-state index in [1.165, 1.54) is 18.4 Å². The first kappa shape index (κ1) is 12.4.